The molecule has 106 valence electrons. The molecule has 0 spiro atoms. The molecule has 0 aromatic heterocycles. The molecule has 4 nitrogen and oxygen atoms in total. The summed E-state index contributed by atoms with van der Waals surface area (Å²) in [6.45, 7) is 7.01. The number of nitrogens with zero attached hydrogens (tertiary/aromatic N) is 1. The maximum atomic E-state index is 13.2. The summed E-state index contributed by atoms with van der Waals surface area (Å²) in [6.07, 6.45) is 0. The van der Waals surface area contributed by atoms with E-state index in [9.17, 15) is 9.50 Å². The third kappa shape index (κ3) is 3.92. The lowest BCUT2D eigenvalue weighted by Gasteiger charge is -2.27. The van der Waals surface area contributed by atoms with Crippen molar-refractivity contribution in [2.75, 3.05) is 6.61 Å². The monoisotopic (exact) mass is 269 g/mol. The summed E-state index contributed by atoms with van der Waals surface area (Å²) in [7, 11) is 0. The molecule has 0 radical (unpaired) electrons. The van der Waals surface area contributed by atoms with E-state index in [-0.39, 0.29) is 18.3 Å². The maximum Gasteiger partial charge on any atom is 0.131 e. The van der Waals surface area contributed by atoms with Crippen molar-refractivity contribution in [3.05, 3.63) is 29.6 Å². The first-order valence-electron chi connectivity index (χ1n) is 6.11. The first-order chi connectivity index (χ1) is 8.77. The van der Waals surface area contributed by atoms with Crippen molar-refractivity contribution in [1.82, 2.24) is 0 Å². The van der Waals surface area contributed by atoms with Crippen molar-refractivity contribution < 1.29 is 19.4 Å². The highest BCUT2D eigenvalue weighted by atomic mass is 19.1. The van der Waals surface area contributed by atoms with Gasteiger partial charge < -0.3 is 15.1 Å². The molecule has 1 rings (SSSR count). The van der Waals surface area contributed by atoms with Crippen molar-refractivity contribution in [2.24, 2.45) is 11.1 Å². The molecule has 1 aromatic carbocycles. The van der Waals surface area contributed by atoms with Crippen molar-refractivity contribution in [3.8, 4) is 5.75 Å². The quantitative estimate of drug-likeness (QED) is 0.491. The third-order valence-corrected chi connectivity index (χ3v) is 3.25. The van der Waals surface area contributed by atoms with Crippen LogP contribution in [0.3, 0.4) is 0 Å². The van der Waals surface area contributed by atoms with Crippen molar-refractivity contribution >= 4 is 5.71 Å². The Bertz CT molecular complexity index is 470. The molecule has 2 N–H and O–H groups in total. The second-order valence-corrected chi connectivity index (χ2v) is 5.13. The van der Waals surface area contributed by atoms with Crippen molar-refractivity contribution in [1.29, 1.82) is 0 Å². The van der Waals surface area contributed by atoms with Gasteiger partial charge >= 0.3 is 0 Å². The van der Waals surface area contributed by atoms with E-state index < -0.39 is 11.4 Å². The van der Waals surface area contributed by atoms with E-state index in [1.54, 1.807) is 13.8 Å². The van der Waals surface area contributed by atoms with E-state index in [2.05, 4.69) is 5.16 Å². The molecule has 5 heteroatoms. The van der Waals surface area contributed by atoms with Crippen LogP contribution in [0.4, 0.5) is 4.39 Å². The van der Waals surface area contributed by atoms with E-state index >= 15 is 0 Å². The molecular weight excluding hydrogens is 249 g/mol. The molecule has 1 atom stereocenters. The Hall–Kier alpha value is -1.62. The molecule has 0 fully saturated rings. The number of hydrogen-bond acceptors (Lipinski definition) is 4. The molecule has 1 aromatic rings. The van der Waals surface area contributed by atoms with Crippen molar-refractivity contribution in [3.63, 3.8) is 0 Å². The summed E-state index contributed by atoms with van der Waals surface area (Å²) >= 11 is 0. The second kappa shape index (κ2) is 6.02. The van der Waals surface area contributed by atoms with Crippen LogP contribution < -0.4 is 4.74 Å². The van der Waals surface area contributed by atoms with Gasteiger partial charge in [0, 0.05) is 11.6 Å². The average molecular weight is 269 g/mol. The number of benzene rings is 1. The van der Waals surface area contributed by atoms with Gasteiger partial charge in [-0.1, -0.05) is 19.0 Å². The summed E-state index contributed by atoms with van der Waals surface area (Å²) < 4.78 is 18.7. The summed E-state index contributed by atoms with van der Waals surface area (Å²) in [4.78, 5) is 0. The first-order valence-corrected chi connectivity index (χ1v) is 6.11. The smallest absolute Gasteiger partial charge is 0.131 e. The molecule has 0 heterocycles. The van der Waals surface area contributed by atoms with Gasteiger partial charge in [-0.15, -0.1) is 0 Å². The Balaban J connectivity index is 2.97. The minimum Gasteiger partial charge on any atom is -0.490 e. The fourth-order valence-electron chi connectivity index (χ4n) is 1.36. The molecule has 19 heavy (non-hydrogen) atoms. The minimum absolute atomic E-state index is 0.00267. The third-order valence-electron chi connectivity index (χ3n) is 3.25. The summed E-state index contributed by atoms with van der Waals surface area (Å²) in [6, 6.07) is 3.95. The molecule has 0 amide bonds. The van der Waals surface area contributed by atoms with Crippen LogP contribution in [-0.4, -0.2) is 28.2 Å². The van der Waals surface area contributed by atoms with Crippen LogP contribution in [0, 0.1) is 11.7 Å². The Morgan fingerprint density at radius 2 is 2.11 bits per heavy atom. The van der Waals surface area contributed by atoms with E-state index in [1.807, 2.05) is 13.8 Å². The number of aliphatic hydroxyl groups is 1. The minimum atomic E-state index is -1.02. The predicted octanol–water partition coefficient (Wildman–Crippen LogP) is 2.81. The van der Waals surface area contributed by atoms with Crippen LogP contribution in [0.15, 0.2) is 23.4 Å². The predicted molar refractivity (Wildman–Crippen MR) is 71.4 cm³/mol. The normalized spacial score (nSPS) is 15.4. The van der Waals surface area contributed by atoms with E-state index in [0.717, 1.165) is 0 Å². The molecule has 0 bridgehead atoms. The van der Waals surface area contributed by atoms with Gasteiger partial charge in [0.15, 0.2) is 0 Å². The largest absolute Gasteiger partial charge is 0.490 e. The van der Waals surface area contributed by atoms with E-state index in [0.29, 0.717) is 11.3 Å². The van der Waals surface area contributed by atoms with Crippen molar-refractivity contribution in [2.45, 2.75) is 33.3 Å². The lowest BCUT2D eigenvalue weighted by molar-refractivity contribution is -0.0267. The number of hydrogen-bond donors (Lipinski definition) is 2. The van der Waals surface area contributed by atoms with E-state index in [4.69, 9.17) is 9.94 Å². The highest BCUT2D eigenvalue weighted by Gasteiger charge is 2.26. The Labute approximate surface area is 112 Å². The second-order valence-electron chi connectivity index (χ2n) is 5.13. The number of ether oxygens (including phenoxy) is 1. The van der Waals surface area contributed by atoms with Crippen LogP contribution in [0.2, 0.25) is 0 Å². The summed E-state index contributed by atoms with van der Waals surface area (Å²) in [5.41, 5.74) is -0.212. The SMILES string of the molecule is C/C(=N\O)c1ccc(F)cc1OCC(C)(O)C(C)C. The molecule has 0 aliphatic rings. The Kier molecular flexibility index (Phi) is 4.89. The van der Waals surface area contributed by atoms with Gasteiger partial charge in [-0.25, -0.2) is 4.39 Å². The number of halogens is 1. The van der Waals surface area contributed by atoms with Gasteiger partial charge in [0.1, 0.15) is 18.2 Å². The molecule has 0 aliphatic heterocycles. The lowest BCUT2D eigenvalue weighted by Crippen LogP contribution is -2.38. The number of rotatable bonds is 5. The molecule has 0 saturated heterocycles. The highest BCUT2D eigenvalue weighted by molar-refractivity contribution is 6.00. The van der Waals surface area contributed by atoms with Crippen LogP contribution >= 0.6 is 0 Å². The zero-order valence-corrected chi connectivity index (χ0v) is 11.6. The Morgan fingerprint density at radius 3 is 2.63 bits per heavy atom. The van der Waals surface area contributed by atoms with Crippen LogP contribution in [0.25, 0.3) is 0 Å². The topological polar surface area (TPSA) is 62.1 Å². The lowest BCUT2D eigenvalue weighted by atomic mass is 9.94. The molecule has 1 unspecified atom stereocenters. The fourth-order valence-corrected chi connectivity index (χ4v) is 1.36. The Morgan fingerprint density at radius 1 is 1.47 bits per heavy atom. The van der Waals surface area contributed by atoms with Gasteiger partial charge in [0.05, 0.1) is 11.3 Å². The molecule has 0 aliphatic carbocycles. The van der Waals surface area contributed by atoms with Crippen LogP contribution in [0.5, 0.6) is 5.75 Å². The van der Waals surface area contributed by atoms with Crippen LogP contribution in [-0.2, 0) is 0 Å². The first kappa shape index (κ1) is 15.4. The van der Waals surface area contributed by atoms with Gasteiger partial charge in [-0.05, 0) is 31.9 Å². The van der Waals surface area contributed by atoms with Gasteiger partial charge in [0.2, 0.25) is 0 Å². The molecule has 0 saturated carbocycles. The van der Waals surface area contributed by atoms with Gasteiger partial charge in [0.25, 0.3) is 0 Å². The maximum absolute atomic E-state index is 13.2. The van der Waals surface area contributed by atoms with E-state index in [1.165, 1.54) is 18.2 Å². The fraction of sp³-hybridized carbons (Fsp3) is 0.500. The summed E-state index contributed by atoms with van der Waals surface area (Å²) in [5.74, 6) is -0.206. The average Bonchev–Trinajstić information content (AvgIpc) is 2.35. The van der Waals surface area contributed by atoms with Crippen LogP contribution in [0.1, 0.15) is 33.3 Å². The highest BCUT2D eigenvalue weighted by Crippen LogP contribution is 2.24. The van der Waals surface area contributed by atoms with Gasteiger partial charge in [-0.3, -0.25) is 0 Å². The standard InChI is InChI=1S/C14H20FNO3/c1-9(2)14(4,17)8-19-13-7-11(15)5-6-12(13)10(3)16-18/h5-7,9,17-18H,8H2,1-4H3/b16-10+. The zero-order chi connectivity index (χ0) is 14.6. The van der Waals surface area contributed by atoms with Gasteiger partial charge in [-0.2, -0.15) is 0 Å². The summed E-state index contributed by atoms with van der Waals surface area (Å²) in [5, 5.41) is 22.0. The number of oxime groups is 1. The molecular formula is C14H20FNO3. The zero-order valence-electron chi connectivity index (χ0n) is 11.6.